The van der Waals surface area contributed by atoms with Gasteiger partial charge in [-0.1, -0.05) is 0 Å². The number of nitrogens with two attached hydrogens (primary N) is 1. The molecule has 9 nitrogen and oxygen atoms in total. The molecule has 0 aliphatic heterocycles. The molecule has 0 spiro atoms. The van der Waals surface area contributed by atoms with Gasteiger partial charge in [-0.05, 0) is 13.8 Å². The van der Waals surface area contributed by atoms with Crippen molar-refractivity contribution in [1.82, 2.24) is 10.6 Å². The molecule has 0 aromatic carbocycles. The van der Waals surface area contributed by atoms with Crippen molar-refractivity contribution in [3.63, 3.8) is 0 Å². The van der Waals surface area contributed by atoms with Crippen LogP contribution in [0.5, 0.6) is 0 Å². The number of nitrogens with one attached hydrogen (secondary N) is 2. The van der Waals surface area contributed by atoms with Gasteiger partial charge in [0.05, 0.1) is 18.8 Å². The summed E-state index contributed by atoms with van der Waals surface area (Å²) in [7, 11) is 0. The minimum Gasteiger partial charge on any atom is -0.394 e. The minimum atomic E-state index is -1.36. The van der Waals surface area contributed by atoms with Crippen LogP contribution in [-0.2, 0) is 14.4 Å². The van der Waals surface area contributed by atoms with Crippen molar-refractivity contribution in [2.24, 2.45) is 5.73 Å². The van der Waals surface area contributed by atoms with Crippen molar-refractivity contribution in [2.45, 2.75) is 44.2 Å². The van der Waals surface area contributed by atoms with Gasteiger partial charge in [0.25, 0.3) is 0 Å². The Labute approximate surface area is 116 Å². The number of aliphatic hydroxyl groups is 3. The van der Waals surface area contributed by atoms with E-state index in [4.69, 9.17) is 10.8 Å². The Kier molecular flexibility index (Phi) is 7.92. The standard InChI is InChI=1S/C11H21N3O6/c1-5(17)8(12)10(19)14-9(6(2)18)11(20)13-7(3-15)4-16/h3,5-9,16-18H,4,12H2,1-2H3,(H,13,20)(H,14,19)/t5-,6-,7-,8+,9+/m1/s1. The van der Waals surface area contributed by atoms with E-state index in [1.54, 1.807) is 0 Å². The third kappa shape index (κ3) is 5.61. The molecule has 0 aliphatic carbocycles. The second-order valence-corrected chi connectivity index (χ2v) is 4.43. The average Bonchev–Trinajstić information content (AvgIpc) is 2.39. The van der Waals surface area contributed by atoms with E-state index in [1.165, 1.54) is 13.8 Å². The number of amides is 2. The highest BCUT2D eigenvalue weighted by Gasteiger charge is 2.30. The number of hydrogen-bond donors (Lipinski definition) is 6. The molecule has 0 saturated heterocycles. The van der Waals surface area contributed by atoms with Crippen LogP contribution in [0.25, 0.3) is 0 Å². The molecular formula is C11H21N3O6. The largest absolute Gasteiger partial charge is 0.394 e. The van der Waals surface area contributed by atoms with E-state index in [1.807, 2.05) is 0 Å². The summed E-state index contributed by atoms with van der Waals surface area (Å²) in [6.07, 6.45) is -2.07. The summed E-state index contributed by atoms with van der Waals surface area (Å²) >= 11 is 0. The van der Waals surface area contributed by atoms with Gasteiger partial charge in [0, 0.05) is 0 Å². The molecule has 0 rings (SSSR count). The van der Waals surface area contributed by atoms with Crippen LogP contribution in [0.2, 0.25) is 0 Å². The maximum Gasteiger partial charge on any atom is 0.245 e. The topological polar surface area (TPSA) is 162 Å². The summed E-state index contributed by atoms with van der Waals surface area (Å²) in [5, 5.41) is 31.7. The Bertz CT molecular complexity index is 347. The Morgan fingerprint density at radius 1 is 1.15 bits per heavy atom. The highest BCUT2D eigenvalue weighted by Crippen LogP contribution is 1.97. The summed E-state index contributed by atoms with van der Waals surface area (Å²) in [6.45, 7) is 1.95. The van der Waals surface area contributed by atoms with Crippen molar-refractivity contribution in [3.8, 4) is 0 Å². The molecule has 0 aromatic heterocycles. The van der Waals surface area contributed by atoms with Crippen molar-refractivity contribution in [1.29, 1.82) is 0 Å². The Morgan fingerprint density at radius 2 is 1.70 bits per heavy atom. The number of carbonyl (C=O) groups is 3. The third-order valence-corrected chi connectivity index (χ3v) is 2.57. The lowest BCUT2D eigenvalue weighted by Gasteiger charge is -2.24. The molecule has 0 saturated carbocycles. The van der Waals surface area contributed by atoms with E-state index in [0.717, 1.165) is 0 Å². The van der Waals surface area contributed by atoms with Crippen LogP contribution in [0.4, 0.5) is 0 Å². The number of hydrogen-bond acceptors (Lipinski definition) is 7. The molecule has 7 N–H and O–H groups in total. The maximum atomic E-state index is 11.8. The van der Waals surface area contributed by atoms with E-state index in [0.29, 0.717) is 6.29 Å². The van der Waals surface area contributed by atoms with E-state index < -0.39 is 48.8 Å². The van der Waals surface area contributed by atoms with Gasteiger partial charge in [-0.25, -0.2) is 0 Å². The molecule has 116 valence electrons. The lowest BCUT2D eigenvalue weighted by molar-refractivity contribution is -0.134. The lowest BCUT2D eigenvalue weighted by atomic mass is 10.1. The predicted molar refractivity (Wildman–Crippen MR) is 68.3 cm³/mol. The molecule has 5 atom stereocenters. The maximum absolute atomic E-state index is 11.8. The van der Waals surface area contributed by atoms with E-state index in [2.05, 4.69) is 10.6 Å². The zero-order valence-corrected chi connectivity index (χ0v) is 11.3. The minimum absolute atomic E-state index is 0.320. The molecule has 0 radical (unpaired) electrons. The molecule has 0 aromatic rings. The van der Waals surface area contributed by atoms with Crippen molar-refractivity contribution in [3.05, 3.63) is 0 Å². The molecule has 2 amide bonds. The fraction of sp³-hybridized carbons (Fsp3) is 0.727. The van der Waals surface area contributed by atoms with Gasteiger partial charge in [0.1, 0.15) is 24.4 Å². The highest BCUT2D eigenvalue weighted by atomic mass is 16.3. The average molecular weight is 291 g/mol. The first-order chi connectivity index (χ1) is 9.24. The monoisotopic (exact) mass is 291 g/mol. The van der Waals surface area contributed by atoms with Crippen LogP contribution >= 0.6 is 0 Å². The van der Waals surface area contributed by atoms with Gasteiger partial charge in [-0.3, -0.25) is 9.59 Å². The molecular weight excluding hydrogens is 270 g/mol. The Hall–Kier alpha value is -1.55. The molecule has 0 aliphatic rings. The van der Waals surface area contributed by atoms with Crippen molar-refractivity contribution < 1.29 is 29.7 Å². The number of rotatable bonds is 8. The number of aliphatic hydroxyl groups excluding tert-OH is 3. The van der Waals surface area contributed by atoms with Crippen molar-refractivity contribution in [2.75, 3.05) is 6.61 Å². The summed E-state index contributed by atoms with van der Waals surface area (Å²) < 4.78 is 0. The fourth-order valence-corrected chi connectivity index (χ4v) is 1.27. The zero-order chi connectivity index (χ0) is 15.9. The third-order valence-electron chi connectivity index (χ3n) is 2.57. The summed E-state index contributed by atoms with van der Waals surface area (Å²) in [6, 6.07) is -3.75. The smallest absolute Gasteiger partial charge is 0.245 e. The zero-order valence-electron chi connectivity index (χ0n) is 11.3. The molecule has 0 unspecified atom stereocenters. The summed E-state index contributed by atoms with van der Waals surface area (Å²) in [5.41, 5.74) is 5.39. The van der Waals surface area contributed by atoms with Crippen LogP contribution in [0.1, 0.15) is 13.8 Å². The lowest BCUT2D eigenvalue weighted by Crippen LogP contribution is -2.59. The quantitative estimate of drug-likeness (QED) is 0.250. The van der Waals surface area contributed by atoms with Crippen LogP contribution in [0, 0.1) is 0 Å². The SMILES string of the molecule is C[C@@H](O)[C@H](N)C(=O)N[C@H](C(=O)N[C@H](C=O)CO)[C@@H](C)O. The van der Waals surface area contributed by atoms with Crippen LogP contribution in [0.3, 0.4) is 0 Å². The Morgan fingerprint density at radius 3 is 2.05 bits per heavy atom. The second kappa shape index (κ2) is 8.59. The fourth-order valence-electron chi connectivity index (χ4n) is 1.27. The van der Waals surface area contributed by atoms with Crippen molar-refractivity contribution >= 4 is 18.1 Å². The van der Waals surface area contributed by atoms with Gasteiger partial charge >= 0.3 is 0 Å². The van der Waals surface area contributed by atoms with Crippen LogP contribution in [-0.4, -0.2) is 70.4 Å². The van der Waals surface area contributed by atoms with Crippen LogP contribution in [0.15, 0.2) is 0 Å². The first kappa shape index (κ1) is 18.4. The Balaban J connectivity index is 4.77. The molecule has 0 bridgehead atoms. The first-order valence-electron chi connectivity index (χ1n) is 6.03. The van der Waals surface area contributed by atoms with Crippen LogP contribution < -0.4 is 16.4 Å². The molecule has 9 heteroatoms. The van der Waals surface area contributed by atoms with E-state index in [9.17, 15) is 24.6 Å². The molecule has 20 heavy (non-hydrogen) atoms. The second-order valence-electron chi connectivity index (χ2n) is 4.43. The van der Waals surface area contributed by atoms with Gasteiger partial charge in [-0.2, -0.15) is 0 Å². The highest BCUT2D eigenvalue weighted by molar-refractivity contribution is 5.91. The summed E-state index contributed by atoms with van der Waals surface area (Å²) in [4.78, 5) is 33.9. The molecule has 0 fully saturated rings. The molecule has 0 heterocycles. The van der Waals surface area contributed by atoms with Gasteiger partial charge in [0.2, 0.25) is 11.8 Å². The van der Waals surface area contributed by atoms with Gasteiger partial charge in [-0.15, -0.1) is 0 Å². The summed E-state index contributed by atoms with van der Waals surface area (Å²) in [5.74, 6) is -1.68. The van der Waals surface area contributed by atoms with Gasteiger partial charge in [0.15, 0.2) is 0 Å². The van der Waals surface area contributed by atoms with E-state index in [-0.39, 0.29) is 0 Å². The van der Waals surface area contributed by atoms with Gasteiger partial charge < -0.3 is 36.5 Å². The number of aldehydes is 1. The predicted octanol–water partition coefficient (Wildman–Crippen LogP) is -3.76. The first-order valence-corrected chi connectivity index (χ1v) is 6.03. The van der Waals surface area contributed by atoms with E-state index >= 15 is 0 Å². The normalized spacial score (nSPS) is 18.3. The number of carbonyl (C=O) groups excluding carboxylic acids is 3.